The maximum Gasteiger partial charge on any atom is 0.153 e. The van der Waals surface area contributed by atoms with Crippen LogP contribution in [0.5, 0.6) is 0 Å². The third kappa shape index (κ3) is 6.32. The topological polar surface area (TPSA) is 74.8 Å². The van der Waals surface area contributed by atoms with Gasteiger partial charge in [-0.05, 0) is 57.4 Å². The fourth-order valence-electron chi connectivity index (χ4n) is 4.42. The molecule has 3 rings (SSSR count). The van der Waals surface area contributed by atoms with Crippen LogP contribution in [0.2, 0.25) is 0 Å². The Morgan fingerprint density at radius 3 is 2.71 bits per heavy atom. The third-order valence-corrected chi connectivity index (χ3v) is 8.16. The van der Waals surface area contributed by atoms with Crippen LogP contribution in [-0.4, -0.2) is 60.9 Å². The van der Waals surface area contributed by atoms with Crippen molar-refractivity contribution in [2.75, 3.05) is 18.6 Å². The van der Waals surface area contributed by atoms with E-state index in [0.717, 1.165) is 49.2 Å². The predicted molar refractivity (Wildman–Crippen MR) is 127 cm³/mol. The molecule has 0 bridgehead atoms. The van der Waals surface area contributed by atoms with E-state index in [1.165, 1.54) is 0 Å². The zero-order chi connectivity index (χ0) is 22.4. The SMILES string of the molecule is C=C/N=C(\c1cc[nH]c1C)N(C)[C@H]1C[C@@H](/C=C/CS(=O)(=O)CCC[C@H]2C[C@@H](CC)O2)C1. The Hall–Kier alpha value is -1.86. The molecule has 1 N–H and O–H groups in total. The average molecular weight is 448 g/mol. The number of aromatic nitrogens is 1. The Morgan fingerprint density at radius 1 is 1.35 bits per heavy atom. The van der Waals surface area contributed by atoms with Gasteiger partial charge >= 0.3 is 0 Å². The van der Waals surface area contributed by atoms with Crippen molar-refractivity contribution >= 4 is 15.7 Å². The first-order valence-electron chi connectivity index (χ1n) is 11.4. The van der Waals surface area contributed by atoms with Gasteiger partial charge in [-0.15, -0.1) is 0 Å². The standard InChI is InChI=1S/C24H37N3O3S/c1-5-21-17-22(30-21)10-8-14-31(28,29)13-7-9-19-15-20(16-19)27(4)24(25-6-2)23-11-12-26-18(23)3/h6-7,9,11-12,19-22,26H,2,5,8,10,13-17H2,1,3-4H3/b9-7+,25-24+/t19-,20+,21-,22+/m1/s1. The van der Waals surface area contributed by atoms with Crippen molar-refractivity contribution in [1.29, 1.82) is 0 Å². The number of rotatable bonds is 11. The number of H-pyrrole nitrogens is 1. The summed E-state index contributed by atoms with van der Waals surface area (Å²) in [5.41, 5.74) is 2.17. The second kappa shape index (κ2) is 10.6. The number of sulfone groups is 1. The van der Waals surface area contributed by atoms with Gasteiger partial charge in [-0.25, -0.2) is 13.4 Å². The zero-order valence-electron chi connectivity index (χ0n) is 19.1. The molecule has 2 aliphatic rings. The smallest absolute Gasteiger partial charge is 0.153 e. The maximum atomic E-state index is 12.3. The number of hydrogen-bond donors (Lipinski definition) is 1. The summed E-state index contributed by atoms with van der Waals surface area (Å²) in [6, 6.07) is 2.43. The molecule has 0 spiro atoms. The highest BCUT2D eigenvalue weighted by atomic mass is 32.2. The van der Waals surface area contributed by atoms with Gasteiger partial charge in [0.25, 0.3) is 0 Å². The number of ether oxygens (including phenoxy) is 1. The molecule has 2 fully saturated rings. The summed E-state index contributed by atoms with van der Waals surface area (Å²) in [5.74, 6) is 1.74. The van der Waals surface area contributed by atoms with E-state index >= 15 is 0 Å². The zero-order valence-corrected chi connectivity index (χ0v) is 19.9. The van der Waals surface area contributed by atoms with Crippen LogP contribution >= 0.6 is 0 Å². The number of allylic oxidation sites excluding steroid dienone is 1. The number of aliphatic imine (C=N–C) groups is 1. The van der Waals surface area contributed by atoms with Gasteiger partial charge in [-0.1, -0.05) is 25.7 Å². The molecule has 2 heterocycles. The molecular formula is C24H37N3O3S. The van der Waals surface area contributed by atoms with Crippen LogP contribution in [0.1, 0.15) is 56.7 Å². The molecule has 7 heteroatoms. The van der Waals surface area contributed by atoms with Gasteiger partial charge in [-0.3, -0.25) is 0 Å². The maximum absolute atomic E-state index is 12.3. The number of nitrogens with one attached hydrogen (secondary N) is 1. The van der Waals surface area contributed by atoms with E-state index in [9.17, 15) is 8.42 Å². The molecule has 1 aliphatic carbocycles. The first kappa shape index (κ1) is 23.8. The first-order valence-corrected chi connectivity index (χ1v) is 13.2. The minimum absolute atomic E-state index is 0.138. The van der Waals surface area contributed by atoms with Crippen molar-refractivity contribution in [3.05, 3.63) is 48.5 Å². The van der Waals surface area contributed by atoms with E-state index < -0.39 is 9.84 Å². The lowest BCUT2D eigenvalue weighted by Gasteiger charge is -2.41. The summed E-state index contributed by atoms with van der Waals surface area (Å²) < 4.78 is 30.3. The highest BCUT2D eigenvalue weighted by molar-refractivity contribution is 7.91. The van der Waals surface area contributed by atoms with Gasteiger partial charge in [0.05, 0.1) is 23.7 Å². The summed E-state index contributed by atoms with van der Waals surface area (Å²) in [5, 5.41) is 0. The van der Waals surface area contributed by atoms with E-state index in [-0.39, 0.29) is 17.6 Å². The van der Waals surface area contributed by atoms with E-state index in [2.05, 4.69) is 41.5 Å². The Morgan fingerprint density at radius 2 is 2.10 bits per heavy atom. The minimum Gasteiger partial charge on any atom is -0.375 e. The Labute approximate surface area is 187 Å². The molecule has 0 radical (unpaired) electrons. The molecule has 6 nitrogen and oxygen atoms in total. The second-order valence-corrected chi connectivity index (χ2v) is 11.1. The van der Waals surface area contributed by atoms with Crippen molar-refractivity contribution in [2.45, 2.75) is 70.6 Å². The van der Waals surface area contributed by atoms with Crippen molar-refractivity contribution in [1.82, 2.24) is 9.88 Å². The van der Waals surface area contributed by atoms with Crippen molar-refractivity contribution in [3.63, 3.8) is 0 Å². The van der Waals surface area contributed by atoms with Gasteiger partial charge in [0, 0.05) is 36.7 Å². The molecule has 31 heavy (non-hydrogen) atoms. The van der Waals surface area contributed by atoms with Crippen LogP contribution in [0.15, 0.2) is 42.2 Å². The summed E-state index contributed by atoms with van der Waals surface area (Å²) >= 11 is 0. The largest absolute Gasteiger partial charge is 0.375 e. The number of aryl methyl sites for hydroxylation is 1. The van der Waals surface area contributed by atoms with Gasteiger partial charge in [-0.2, -0.15) is 0 Å². The fourth-order valence-corrected chi connectivity index (χ4v) is 5.60. The summed E-state index contributed by atoms with van der Waals surface area (Å²) in [7, 11) is -0.964. The van der Waals surface area contributed by atoms with Crippen molar-refractivity contribution in [3.8, 4) is 0 Å². The van der Waals surface area contributed by atoms with Gasteiger partial charge < -0.3 is 14.6 Å². The highest BCUT2D eigenvalue weighted by Crippen LogP contribution is 2.33. The quantitative estimate of drug-likeness (QED) is 0.313. The number of hydrogen-bond acceptors (Lipinski definition) is 4. The van der Waals surface area contributed by atoms with E-state index in [1.54, 1.807) is 6.20 Å². The summed E-state index contributed by atoms with van der Waals surface area (Å²) in [6.07, 6.45) is 13.8. The molecule has 172 valence electrons. The average Bonchev–Trinajstić information content (AvgIpc) is 3.08. The fraction of sp³-hybridized carbons (Fsp3) is 0.625. The second-order valence-electron chi connectivity index (χ2n) is 8.86. The molecule has 1 aromatic rings. The Bertz CT molecular complexity index is 891. The molecular weight excluding hydrogens is 410 g/mol. The van der Waals surface area contributed by atoms with E-state index in [1.807, 2.05) is 25.3 Å². The molecule has 1 saturated heterocycles. The normalized spacial score (nSPS) is 26.5. The molecule has 1 saturated carbocycles. The van der Waals surface area contributed by atoms with Crippen LogP contribution in [-0.2, 0) is 14.6 Å². The van der Waals surface area contributed by atoms with E-state index in [4.69, 9.17) is 4.74 Å². The van der Waals surface area contributed by atoms with Gasteiger partial charge in [0.1, 0.15) is 5.84 Å². The molecule has 0 unspecified atom stereocenters. The van der Waals surface area contributed by atoms with Crippen LogP contribution in [0, 0.1) is 12.8 Å². The van der Waals surface area contributed by atoms with Crippen molar-refractivity contribution < 1.29 is 13.2 Å². The molecule has 1 aliphatic heterocycles. The molecule has 0 amide bonds. The van der Waals surface area contributed by atoms with Gasteiger partial charge in [0.2, 0.25) is 0 Å². The monoisotopic (exact) mass is 447 g/mol. The Balaban J connectivity index is 1.39. The van der Waals surface area contributed by atoms with Crippen LogP contribution in [0.4, 0.5) is 0 Å². The van der Waals surface area contributed by atoms with Crippen LogP contribution in [0.3, 0.4) is 0 Å². The first-order chi connectivity index (χ1) is 14.8. The Kier molecular flexibility index (Phi) is 8.17. The number of aromatic amines is 1. The summed E-state index contributed by atoms with van der Waals surface area (Å²) in [4.78, 5) is 9.91. The lowest BCUT2D eigenvalue weighted by molar-refractivity contribution is -0.127. The van der Waals surface area contributed by atoms with E-state index in [0.29, 0.717) is 24.5 Å². The molecule has 0 aromatic carbocycles. The number of amidine groups is 1. The van der Waals surface area contributed by atoms with Crippen LogP contribution < -0.4 is 0 Å². The molecule has 2 atom stereocenters. The molecule has 1 aromatic heterocycles. The lowest BCUT2D eigenvalue weighted by Crippen LogP contribution is -2.45. The number of nitrogens with zero attached hydrogens (tertiary/aromatic N) is 2. The highest BCUT2D eigenvalue weighted by Gasteiger charge is 2.32. The van der Waals surface area contributed by atoms with Crippen molar-refractivity contribution in [2.24, 2.45) is 10.9 Å². The minimum atomic E-state index is -3.03. The predicted octanol–water partition coefficient (Wildman–Crippen LogP) is 4.24. The van der Waals surface area contributed by atoms with Crippen LogP contribution in [0.25, 0.3) is 0 Å². The lowest BCUT2D eigenvalue weighted by atomic mass is 9.79. The van der Waals surface area contributed by atoms with Gasteiger partial charge in [0.15, 0.2) is 9.84 Å². The third-order valence-electron chi connectivity index (χ3n) is 6.55. The summed E-state index contributed by atoms with van der Waals surface area (Å²) in [6.45, 7) is 7.91.